The van der Waals surface area contributed by atoms with Crippen LogP contribution < -0.4 is 34.7 Å². The monoisotopic (exact) mass is 510 g/mol. The maximum atomic E-state index is 14.2. The van der Waals surface area contributed by atoms with E-state index < -0.39 is 51.7 Å². The van der Waals surface area contributed by atoms with Crippen molar-refractivity contribution in [1.82, 2.24) is 0 Å². The van der Waals surface area contributed by atoms with Crippen LogP contribution in [0, 0.1) is 28.1 Å². The van der Waals surface area contributed by atoms with Crippen molar-refractivity contribution < 1.29 is 72.8 Å². The zero-order chi connectivity index (χ0) is 25.2. The van der Waals surface area contributed by atoms with Crippen LogP contribution in [0.15, 0.2) is 23.0 Å². The Kier molecular flexibility index (Phi) is 5.79. The Labute approximate surface area is 231 Å². The van der Waals surface area contributed by atoms with Crippen molar-refractivity contribution in [3.8, 4) is 0 Å². The van der Waals surface area contributed by atoms with Crippen LogP contribution in [0.4, 0.5) is 0 Å². The first kappa shape index (κ1) is 26.4. The topological polar surface area (TPSA) is 139 Å². The fourth-order valence-electron chi connectivity index (χ4n) is 8.98. The third-order valence-corrected chi connectivity index (χ3v) is 10.5. The molecule has 5 fully saturated rings. The van der Waals surface area contributed by atoms with E-state index in [0.717, 1.165) is 0 Å². The van der Waals surface area contributed by atoms with Crippen LogP contribution in [-0.4, -0.2) is 52.8 Å². The second-order valence-corrected chi connectivity index (χ2v) is 12.1. The van der Waals surface area contributed by atoms with Gasteiger partial charge in [0.1, 0.15) is 24.1 Å². The van der Waals surface area contributed by atoms with Gasteiger partial charge < -0.3 is 33.6 Å². The van der Waals surface area contributed by atoms with Crippen LogP contribution in [0.2, 0.25) is 0 Å². The van der Waals surface area contributed by atoms with E-state index in [1.807, 2.05) is 13.8 Å². The van der Waals surface area contributed by atoms with Crippen molar-refractivity contribution in [2.24, 2.45) is 28.1 Å². The number of hydrogen-bond acceptors (Lipinski definition) is 9. The quantitative estimate of drug-likeness (QED) is 0.287. The van der Waals surface area contributed by atoms with Crippen molar-refractivity contribution in [2.75, 3.05) is 6.61 Å². The van der Waals surface area contributed by atoms with E-state index in [-0.39, 0.29) is 72.6 Å². The van der Waals surface area contributed by atoms with E-state index in [1.54, 1.807) is 19.9 Å². The molecule has 190 valence electrons. The summed E-state index contributed by atoms with van der Waals surface area (Å²) in [6.45, 7) is 7.58. The molecule has 3 aliphatic heterocycles. The number of ether oxygens (including phenoxy) is 3. The fourth-order valence-corrected chi connectivity index (χ4v) is 8.98. The number of furan rings is 1. The maximum Gasteiger partial charge on any atom is 1.00 e. The van der Waals surface area contributed by atoms with E-state index in [4.69, 9.17) is 18.6 Å². The van der Waals surface area contributed by atoms with Gasteiger partial charge in [-0.05, 0) is 45.6 Å². The van der Waals surface area contributed by atoms with Gasteiger partial charge in [0.15, 0.2) is 0 Å². The Morgan fingerprint density at radius 3 is 2.47 bits per heavy atom. The third-order valence-electron chi connectivity index (χ3n) is 10.5. The number of Topliss-reactive ketones (excluding diaryl/α,β-unsaturated/α-hetero) is 1. The van der Waals surface area contributed by atoms with Gasteiger partial charge >= 0.3 is 35.5 Å². The minimum Gasteiger partial charge on any atom is -0.547 e. The molecule has 2 saturated carbocycles. The molecule has 36 heavy (non-hydrogen) atoms. The number of carbonyl (C=O) groups excluding carboxylic acids is 3. The predicted octanol–water partition coefficient (Wildman–Crippen LogP) is -1.67. The summed E-state index contributed by atoms with van der Waals surface area (Å²) in [6.07, 6.45) is 1.11. The largest absolute Gasteiger partial charge is 1.00 e. The molecule has 3 unspecified atom stereocenters. The number of hydrogen-bond donors (Lipinski definition) is 1. The molecular formula is C26H31NaO9. The smallest absolute Gasteiger partial charge is 0.547 e. The summed E-state index contributed by atoms with van der Waals surface area (Å²) in [4.78, 5) is 38.7. The van der Waals surface area contributed by atoms with Crippen LogP contribution in [0.5, 0.6) is 0 Å². The number of fused-ring (bicyclic) bond motifs is 2. The molecule has 5 aliphatic rings. The van der Waals surface area contributed by atoms with Crippen LogP contribution in [0.3, 0.4) is 0 Å². The van der Waals surface area contributed by atoms with Crippen molar-refractivity contribution in [3.05, 3.63) is 24.2 Å². The van der Waals surface area contributed by atoms with E-state index in [0.29, 0.717) is 18.4 Å². The van der Waals surface area contributed by atoms with Crippen LogP contribution in [-0.2, 0) is 28.6 Å². The normalized spacial score (nSPS) is 47.1. The molecule has 3 saturated heterocycles. The second kappa shape index (κ2) is 7.90. The summed E-state index contributed by atoms with van der Waals surface area (Å²) >= 11 is 0. The third kappa shape index (κ3) is 2.85. The molecule has 10 heteroatoms. The van der Waals surface area contributed by atoms with Gasteiger partial charge in [-0.25, -0.2) is 0 Å². The zero-order valence-electron chi connectivity index (χ0n) is 21.4. The Balaban J connectivity index is 0.00000267. The summed E-state index contributed by atoms with van der Waals surface area (Å²) in [6, 6.07) is 1.63. The first-order valence-electron chi connectivity index (χ1n) is 12.3. The van der Waals surface area contributed by atoms with Crippen molar-refractivity contribution in [2.45, 2.75) is 82.9 Å². The summed E-state index contributed by atoms with van der Waals surface area (Å²) in [5.74, 6) is -2.41. The van der Waals surface area contributed by atoms with Gasteiger partial charge in [0.25, 0.3) is 0 Å². The molecule has 9 nitrogen and oxygen atoms in total. The molecule has 1 aromatic heterocycles. The number of carbonyl (C=O) groups is 3. The average Bonchev–Trinajstić information content (AvgIpc) is 3.25. The Morgan fingerprint density at radius 2 is 1.86 bits per heavy atom. The molecule has 0 bridgehead atoms. The number of carboxylic acid groups (broad SMARTS) is 1. The maximum absolute atomic E-state index is 14.2. The summed E-state index contributed by atoms with van der Waals surface area (Å²) in [5.41, 5.74) is -4.68. The summed E-state index contributed by atoms with van der Waals surface area (Å²) in [5, 5.41) is 23.8. The van der Waals surface area contributed by atoms with Crippen LogP contribution in [0.25, 0.3) is 0 Å². The predicted molar refractivity (Wildman–Crippen MR) is 115 cm³/mol. The molecule has 2 spiro atoms. The zero-order valence-corrected chi connectivity index (χ0v) is 23.4. The molecule has 9 atom stereocenters. The molecule has 2 aliphatic carbocycles. The number of aliphatic carboxylic acids is 1. The van der Waals surface area contributed by atoms with E-state index in [9.17, 15) is 24.6 Å². The average molecular weight is 511 g/mol. The Hall–Kier alpha value is -1.23. The van der Waals surface area contributed by atoms with Crippen molar-refractivity contribution >= 4 is 17.7 Å². The summed E-state index contributed by atoms with van der Waals surface area (Å²) in [7, 11) is 0. The van der Waals surface area contributed by atoms with Gasteiger partial charge in [0.2, 0.25) is 0 Å². The van der Waals surface area contributed by atoms with Gasteiger partial charge in [-0.2, -0.15) is 0 Å². The first-order valence-corrected chi connectivity index (χ1v) is 12.3. The molecule has 0 radical (unpaired) electrons. The van der Waals surface area contributed by atoms with Crippen LogP contribution in [0.1, 0.15) is 65.0 Å². The number of esters is 1. The number of aliphatic hydroxyl groups excluding tert-OH is 1. The number of cyclic esters (lactones) is 1. The standard InChI is InChI=1S/C26H32O9.Na/c1-22(2)15-9-16(27)24(4)14(25(15)12-33-18(28)10-17(25)34-22)5-7-23(3,19(29)13-6-8-32-11-13)26(24)20(35-26)21(30)31;/h6,8,11,14-15,17,19-20,29H,5,7,9-10,12H2,1-4H3,(H,30,31);/q;+1/p-1/t14?,15?,17?,19-,20+,23-,24-,25+,26+;/m0./s1. The van der Waals surface area contributed by atoms with E-state index >= 15 is 0 Å². The molecule has 1 aromatic rings. The van der Waals surface area contributed by atoms with E-state index in [1.165, 1.54) is 12.5 Å². The minimum absolute atomic E-state index is 0. The first-order chi connectivity index (χ1) is 16.4. The number of aliphatic hydroxyl groups is 1. The molecule has 6 rings (SSSR count). The number of epoxide rings is 1. The molecule has 1 N–H and O–H groups in total. The number of carboxylic acids is 1. The van der Waals surface area contributed by atoms with Gasteiger partial charge in [0.05, 0.1) is 48.1 Å². The second-order valence-electron chi connectivity index (χ2n) is 12.1. The molecule has 0 amide bonds. The summed E-state index contributed by atoms with van der Waals surface area (Å²) < 4.78 is 23.3. The van der Waals surface area contributed by atoms with Crippen LogP contribution >= 0.6 is 0 Å². The van der Waals surface area contributed by atoms with E-state index in [2.05, 4.69) is 0 Å². The Morgan fingerprint density at radius 1 is 1.14 bits per heavy atom. The molecule has 4 heterocycles. The number of rotatable bonds is 3. The SMILES string of the molecule is CC1(C)OC2CC(=O)OC[C@@]23C1CC(=O)[C@]1(C)C3CC[C@@](C)([C@@H](O)c2ccoc2)[C@@]12O[C@@H]2C(=O)[O-].[Na+]. The van der Waals surface area contributed by atoms with Crippen molar-refractivity contribution in [1.29, 1.82) is 0 Å². The van der Waals surface area contributed by atoms with Gasteiger partial charge in [0, 0.05) is 28.7 Å². The fraction of sp³-hybridized carbons (Fsp3) is 0.731. The Bertz CT molecular complexity index is 1120. The molecular weight excluding hydrogens is 479 g/mol. The van der Waals surface area contributed by atoms with Gasteiger partial charge in [-0.1, -0.05) is 6.92 Å². The number of ketones is 1. The van der Waals surface area contributed by atoms with Gasteiger partial charge in [-0.3, -0.25) is 9.59 Å². The van der Waals surface area contributed by atoms with Crippen molar-refractivity contribution in [3.63, 3.8) is 0 Å². The molecule has 0 aromatic carbocycles. The van der Waals surface area contributed by atoms with Gasteiger partial charge in [-0.15, -0.1) is 0 Å². The minimum atomic E-state index is -1.49.